The van der Waals surface area contributed by atoms with Crippen LogP contribution in [0.15, 0.2) is 16.8 Å². The van der Waals surface area contributed by atoms with Crippen molar-refractivity contribution in [1.29, 1.82) is 0 Å². The molecule has 0 radical (unpaired) electrons. The van der Waals surface area contributed by atoms with Crippen LogP contribution in [0.25, 0.3) is 0 Å². The standard InChI is InChI=1S/C28H43N3O6/c1-16(2)25(26(35)36)30-23(33)14-29-24(34)15-37-31-18-9-11-27(3)17(13-18)5-6-19-20-7-8-22(32)28(20,4)12-10-21(19)27/h13,16,19-22,25,32H,5-12,14-15H2,1-4H3,(H,29,34)(H,30,33)(H,35,36)/t19-,20-,21-,22-,25+,27+,28+/m1/s1. The number of nitrogens with zero attached hydrogens (tertiary/aromatic N) is 1. The Labute approximate surface area is 219 Å². The number of rotatable bonds is 8. The number of carboxylic acid groups (broad SMARTS) is 1. The molecule has 9 nitrogen and oxygen atoms in total. The first-order valence-electron chi connectivity index (χ1n) is 13.8. The van der Waals surface area contributed by atoms with Crippen molar-refractivity contribution in [3.63, 3.8) is 0 Å². The Morgan fingerprint density at radius 1 is 1.08 bits per heavy atom. The average Bonchev–Trinajstić information content (AvgIpc) is 3.15. The van der Waals surface area contributed by atoms with Gasteiger partial charge in [0.25, 0.3) is 5.91 Å². The van der Waals surface area contributed by atoms with E-state index in [-0.39, 0.29) is 36.0 Å². The van der Waals surface area contributed by atoms with Crippen LogP contribution in [0.3, 0.4) is 0 Å². The lowest BCUT2D eigenvalue weighted by molar-refractivity contribution is -0.143. The van der Waals surface area contributed by atoms with Crippen molar-refractivity contribution < 1.29 is 29.4 Å². The van der Waals surface area contributed by atoms with Gasteiger partial charge in [0, 0.05) is 0 Å². The van der Waals surface area contributed by atoms with E-state index < -0.39 is 23.8 Å². The third kappa shape index (κ3) is 5.42. The average molecular weight is 518 g/mol. The van der Waals surface area contributed by atoms with E-state index in [1.807, 2.05) is 0 Å². The van der Waals surface area contributed by atoms with Crippen LogP contribution in [-0.4, -0.2) is 59.0 Å². The minimum absolute atomic E-state index is 0.0848. The van der Waals surface area contributed by atoms with Gasteiger partial charge in [0.2, 0.25) is 5.91 Å². The van der Waals surface area contributed by atoms with Gasteiger partial charge in [0.15, 0.2) is 6.61 Å². The lowest BCUT2D eigenvalue weighted by Gasteiger charge is -2.57. The van der Waals surface area contributed by atoms with Gasteiger partial charge in [-0.15, -0.1) is 0 Å². The zero-order valence-corrected chi connectivity index (χ0v) is 22.6. The highest BCUT2D eigenvalue weighted by Gasteiger charge is 2.58. The molecule has 0 aromatic carbocycles. The molecule has 4 rings (SSSR count). The number of allylic oxidation sites excluding steroid dienone is 2. The summed E-state index contributed by atoms with van der Waals surface area (Å²) < 4.78 is 0. The number of hydrogen-bond donors (Lipinski definition) is 4. The quantitative estimate of drug-likeness (QED) is 0.365. The van der Waals surface area contributed by atoms with Crippen molar-refractivity contribution in [2.24, 2.45) is 39.7 Å². The van der Waals surface area contributed by atoms with Gasteiger partial charge in [-0.3, -0.25) is 9.59 Å². The molecule has 4 N–H and O–H groups in total. The molecule has 0 bridgehead atoms. The van der Waals surface area contributed by atoms with Gasteiger partial charge in [-0.25, -0.2) is 4.79 Å². The molecule has 0 aromatic rings. The first-order chi connectivity index (χ1) is 17.5. The predicted octanol–water partition coefficient (Wildman–Crippen LogP) is 3.02. The highest BCUT2D eigenvalue weighted by molar-refractivity contribution is 5.96. The number of aliphatic hydroxyl groups is 1. The molecule has 0 heterocycles. The van der Waals surface area contributed by atoms with Gasteiger partial charge in [0.1, 0.15) is 6.04 Å². The van der Waals surface area contributed by atoms with Crippen LogP contribution in [0.1, 0.15) is 79.1 Å². The van der Waals surface area contributed by atoms with E-state index in [0.29, 0.717) is 17.8 Å². The molecule has 206 valence electrons. The zero-order valence-electron chi connectivity index (χ0n) is 22.6. The SMILES string of the molecule is CC(C)[C@H](NC(=O)CNC(=O)CON=C1C=C2CC[C@@H]3[C@H]4CC[C@@H](O)[C@@]4(C)CC[C@H]3[C@@]2(C)CC1)C(=O)O. The minimum Gasteiger partial charge on any atom is -0.480 e. The van der Waals surface area contributed by atoms with Crippen LogP contribution in [0.2, 0.25) is 0 Å². The number of aliphatic carboxylic acids is 1. The van der Waals surface area contributed by atoms with E-state index in [9.17, 15) is 19.5 Å². The summed E-state index contributed by atoms with van der Waals surface area (Å²) in [5, 5.41) is 28.9. The lowest BCUT2D eigenvalue weighted by Crippen LogP contribution is -2.51. The molecule has 9 heteroatoms. The second kappa shape index (κ2) is 10.8. The molecule has 3 fully saturated rings. The number of nitrogens with one attached hydrogen (secondary N) is 2. The molecule has 4 aliphatic rings. The molecule has 0 saturated heterocycles. The maximum Gasteiger partial charge on any atom is 0.326 e. The Bertz CT molecular complexity index is 977. The second-order valence-corrected chi connectivity index (χ2v) is 12.4. The molecule has 2 amide bonds. The van der Waals surface area contributed by atoms with E-state index in [4.69, 9.17) is 9.94 Å². The number of oxime groups is 1. The molecular weight excluding hydrogens is 474 g/mol. The molecule has 0 aromatic heterocycles. The maximum atomic E-state index is 12.1. The highest BCUT2D eigenvalue weighted by Crippen LogP contribution is 2.65. The second-order valence-electron chi connectivity index (χ2n) is 12.4. The summed E-state index contributed by atoms with van der Waals surface area (Å²) in [6.07, 6.45) is 10.4. The molecule has 0 spiro atoms. The molecule has 3 saturated carbocycles. The van der Waals surface area contributed by atoms with Crippen LogP contribution >= 0.6 is 0 Å². The topological polar surface area (TPSA) is 137 Å². The molecule has 4 aliphatic carbocycles. The summed E-state index contributed by atoms with van der Waals surface area (Å²) in [4.78, 5) is 40.6. The van der Waals surface area contributed by atoms with Crippen LogP contribution < -0.4 is 10.6 Å². The van der Waals surface area contributed by atoms with Gasteiger partial charge in [-0.05, 0) is 91.9 Å². The number of carboxylic acids is 1. The van der Waals surface area contributed by atoms with Crippen molar-refractivity contribution in [2.75, 3.05) is 13.2 Å². The minimum atomic E-state index is -1.11. The number of carbonyl (C=O) groups excluding carboxylic acids is 2. The number of hydrogen-bond acceptors (Lipinski definition) is 6. The Morgan fingerprint density at radius 3 is 2.54 bits per heavy atom. The number of amides is 2. The molecular formula is C28H43N3O6. The van der Waals surface area contributed by atoms with Gasteiger partial charge < -0.3 is 25.7 Å². The largest absolute Gasteiger partial charge is 0.480 e. The number of fused-ring (bicyclic) bond motifs is 5. The Morgan fingerprint density at radius 2 is 1.84 bits per heavy atom. The third-order valence-electron chi connectivity index (χ3n) is 10.0. The third-order valence-corrected chi connectivity index (χ3v) is 10.0. The van der Waals surface area contributed by atoms with Crippen molar-refractivity contribution in [1.82, 2.24) is 10.6 Å². The Kier molecular flexibility index (Phi) is 8.02. The molecule has 7 atom stereocenters. The highest BCUT2D eigenvalue weighted by atomic mass is 16.6. The first kappa shape index (κ1) is 27.6. The lowest BCUT2D eigenvalue weighted by atomic mass is 9.47. The van der Waals surface area contributed by atoms with Crippen molar-refractivity contribution in [2.45, 2.75) is 91.2 Å². The molecule has 37 heavy (non-hydrogen) atoms. The summed E-state index contributed by atoms with van der Waals surface area (Å²) in [7, 11) is 0. The van der Waals surface area contributed by atoms with E-state index in [1.165, 1.54) is 12.0 Å². The summed E-state index contributed by atoms with van der Waals surface area (Å²) in [5.74, 6) is -0.492. The van der Waals surface area contributed by atoms with Crippen molar-refractivity contribution in [3.05, 3.63) is 11.6 Å². The van der Waals surface area contributed by atoms with Crippen LogP contribution in [0.5, 0.6) is 0 Å². The smallest absolute Gasteiger partial charge is 0.326 e. The summed E-state index contributed by atoms with van der Waals surface area (Å²) in [5.41, 5.74) is 2.52. The zero-order chi connectivity index (χ0) is 27.0. The van der Waals surface area contributed by atoms with Crippen molar-refractivity contribution in [3.8, 4) is 0 Å². The van der Waals surface area contributed by atoms with E-state index in [2.05, 4.69) is 35.7 Å². The first-order valence-corrected chi connectivity index (χ1v) is 13.8. The molecule has 0 aliphatic heterocycles. The number of aliphatic hydroxyl groups excluding tert-OH is 1. The Hall–Kier alpha value is -2.42. The summed E-state index contributed by atoms with van der Waals surface area (Å²) in [6.45, 7) is 7.49. The van der Waals surface area contributed by atoms with Crippen LogP contribution in [0, 0.1) is 34.5 Å². The van der Waals surface area contributed by atoms with Crippen molar-refractivity contribution >= 4 is 23.5 Å². The van der Waals surface area contributed by atoms with E-state index in [1.54, 1.807) is 13.8 Å². The van der Waals surface area contributed by atoms with Gasteiger partial charge in [-0.2, -0.15) is 0 Å². The van der Waals surface area contributed by atoms with Gasteiger partial charge in [-0.1, -0.05) is 38.4 Å². The monoisotopic (exact) mass is 517 g/mol. The van der Waals surface area contributed by atoms with E-state index in [0.717, 1.165) is 50.7 Å². The van der Waals surface area contributed by atoms with Crippen LogP contribution in [-0.2, 0) is 19.2 Å². The van der Waals surface area contributed by atoms with Gasteiger partial charge in [0.05, 0.1) is 18.4 Å². The van der Waals surface area contributed by atoms with Crippen LogP contribution in [0.4, 0.5) is 0 Å². The summed E-state index contributed by atoms with van der Waals surface area (Å²) in [6, 6.07) is -1.00. The fourth-order valence-electron chi connectivity index (χ4n) is 7.76. The normalized spacial score (nSPS) is 36.6. The predicted molar refractivity (Wildman–Crippen MR) is 139 cm³/mol. The maximum absolute atomic E-state index is 12.1. The fourth-order valence-corrected chi connectivity index (χ4v) is 7.76. The fraction of sp³-hybridized carbons (Fsp3) is 0.786. The number of carbonyl (C=O) groups is 3. The van der Waals surface area contributed by atoms with E-state index >= 15 is 0 Å². The Balaban J connectivity index is 1.28. The summed E-state index contributed by atoms with van der Waals surface area (Å²) >= 11 is 0. The van der Waals surface area contributed by atoms with Gasteiger partial charge >= 0.3 is 5.97 Å². The molecule has 0 unspecified atom stereocenters.